The van der Waals surface area contributed by atoms with Gasteiger partial charge in [-0.15, -0.1) is 0 Å². The van der Waals surface area contributed by atoms with Gasteiger partial charge in [-0.25, -0.2) is 0 Å². The van der Waals surface area contributed by atoms with Crippen molar-refractivity contribution in [2.75, 3.05) is 7.11 Å². The molecule has 1 fully saturated rings. The van der Waals surface area contributed by atoms with Crippen LogP contribution in [0.3, 0.4) is 0 Å². The number of ether oxygens (including phenoxy) is 1. The van der Waals surface area contributed by atoms with E-state index in [0.717, 1.165) is 24.2 Å². The maximum atomic E-state index is 12.3. The number of halogens is 1. The van der Waals surface area contributed by atoms with Gasteiger partial charge in [-0.05, 0) is 72.9 Å². The number of carbonyl (C=O) groups excluding carboxylic acids is 1. The molecule has 1 aliphatic carbocycles. The van der Waals surface area contributed by atoms with Gasteiger partial charge in [0.25, 0.3) is 0 Å². The van der Waals surface area contributed by atoms with Crippen molar-refractivity contribution >= 4 is 17.4 Å². The van der Waals surface area contributed by atoms with Crippen LogP contribution in [0.5, 0.6) is 5.75 Å². The van der Waals surface area contributed by atoms with Crippen molar-refractivity contribution in [2.45, 2.75) is 44.4 Å². The van der Waals surface area contributed by atoms with Crippen molar-refractivity contribution in [1.82, 2.24) is 0 Å². The molecule has 132 valence electrons. The normalized spacial score (nSPS) is 20.2. The second-order valence-corrected chi connectivity index (χ2v) is 7.47. The fourth-order valence-electron chi connectivity index (χ4n) is 3.80. The van der Waals surface area contributed by atoms with Crippen LogP contribution in [0.4, 0.5) is 0 Å². The van der Waals surface area contributed by atoms with E-state index in [0.29, 0.717) is 35.5 Å². The van der Waals surface area contributed by atoms with Crippen molar-refractivity contribution in [2.24, 2.45) is 5.92 Å². The topological polar surface area (TPSA) is 26.3 Å². The van der Waals surface area contributed by atoms with Crippen LogP contribution in [-0.4, -0.2) is 12.9 Å². The Hall–Kier alpha value is -1.80. The van der Waals surface area contributed by atoms with Gasteiger partial charge in [0.15, 0.2) is 0 Å². The zero-order chi connectivity index (χ0) is 17.6. The summed E-state index contributed by atoms with van der Waals surface area (Å²) < 4.78 is 5.23. The molecule has 25 heavy (non-hydrogen) atoms. The van der Waals surface area contributed by atoms with Crippen LogP contribution in [0.1, 0.15) is 49.1 Å². The predicted octanol–water partition coefficient (Wildman–Crippen LogP) is 5.82. The van der Waals surface area contributed by atoms with Gasteiger partial charge >= 0.3 is 0 Å². The molecule has 2 nitrogen and oxygen atoms in total. The predicted molar refractivity (Wildman–Crippen MR) is 102 cm³/mol. The Morgan fingerprint density at radius 2 is 1.64 bits per heavy atom. The van der Waals surface area contributed by atoms with Crippen molar-refractivity contribution in [3.63, 3.8) is 0 Å². The first-order valence-electron chi connectivity index (χ1n) is 9.04. The molecular weight excluding hydrogens is 332 g/mol. The van der Waals surface area contributed by atoms with Crippen LogP contribution in [-0.2, 0) is 11.2 Å². The summed E-state index contributed by atoms with van der Waals surface area (Å²) in [5.41, 5.74) is 2.45. The second kappa shape index (κ2) is 8.53. The molecule has 0 N–H and O–H groups in total. The third kappa shape index (κ3) is 5.09. The van der Waals surface area contributed by atoms with E-state index in [2.05, 4.69) is 12.1 Å². The van der Waals surface area contributed by atoms with Crippen molar-refractivity contribution in [1.29, 1.82) is 0 Å². The molecule has 1 aliphatic rings. The third-order valence-corrected chi connectivity index (χ3v) is 5.52. The van der Waals surface area contributed by atoms with E-state index in [1.165, 1.54) is 18.4 Å². The average Bonchev–Trinajstić information content (AvgIpc) is 2.64. The Labute approximate surface area is 155 Å². The van der Waals surface area contributed by atoms with E-state index in [-0.39, 0.29) is 0 Å². The first kappa shape index (κ1) is 18.0. The number of methoxy groups -OCH3 is 1. The second-order valence-electron chi connectivity index (χ2n) is 7.04. The Morgan fingerprint density at radius 1 is 1.00 bits per heavy atom. The summed E-state index contributed by atoms with van der Waals surface area (Å²) in [5.74, 6) is 2.41. The van der Waals surface area contributed by atoms with Crippen molar-refractivity contribution in [3.8, 4) is 5.75 Å². The Kier molecular flexibility index (Phi) is 6.14. The number of ketones is 1. The highest BCUT2D eigenvalue weighted by molar-refractivity contribution is 6.30. The minimum absolute atomic E-state index is 0.343. The molecule has 0 atom stereocenters. The van der Waals surface area contributed by atoms with Gasteiger partial charge in [0.2, 0.25) is 0 Å². The molecule has 0 heterocycles. The van der Waals surface area contributed by atoms with E-state index >= 15 is 0 Å². The summed E-state index contributed by atoms with van der Waals surface area (Å²) in [7, 11) is 1.70. The summed E-state index contributed by atoms with van der Waals surface area (Å²) in [6.45, 7) is 0. The number of Topliss-reactive ketones (excluding diaryl/α,β-unsaturated/α-hetero) is 1. The summed E-state index contributed by atoms with van der Waals surface area (Å²) in [4.78, 5) is 12.3. The molecule has 1 saturated carbocycles. The molecule has 3 rings (SSSR count). The standard InChI is InChI=1S/C22H25ClO2/c1-25-22-12-8-19(9-13-22)18-6-2-16(3-7-18)14-21(24)15-17-4-10-20(23)11-5-17/h4-5,8-13,16,18H,2-3,6-7,14-15H2,1H3. The van der Waals surface area contributed by atoms with E-state index in [1.807, 2.05) is 36.4 Å². The number of hydrogen-bond donors (Lipinski definition) is 0. The van der Waals surface area contributed by atoms with E-state index in [4.69, 9.17) is 16.3 Å². The van der Waals surface area contributed by atoms with Gasteiger partial charge in [0, 0.05) is 17.9 Å². The molecule has 0 bridgehead atoms. The van der Waals surface area contributed by atoms with Gasteiger partial charge in [0.1, 0.15) is 11.5 Å². The molecule has 0 amide bonds. The summed E-state index contributed by atoms with van der Waals surface area (Å²) >= 11 is 5.89. The van der Waals surface area contributed by atoms with Crippen molar-refractivity contribution in [3.05, 3.63) is 64.7 Å². The van der Waals surface area contributed by atoms with Crippen LogP contribution < -0.4 is 4.74 Å². The van der Waals surface area contributed by atoms with E-state index in [1.54, 1.807) is 7.11 Å². The first-order valence-corrected chi connectivity index (χ1v) is 9.42. The minimum Gasteiger partial charge on any atom is -0.497 e. The van der Waals surface area contributed by atoms with Crippen LogP contribution in [0.25, 0.3) is 0 Å². The van der Waals surface area contributed by atoms with E-state index in [9.17, 15) is 4.79 Å². The van der Waals surface area contributed by atoms with Gasteiger partial charge < -0.3 is 4.74 Å². The third-order valence-electron chi connectivity index (χ3n) is 5.26. The molecule has 2 aromatic carbocycles. The average molecular weight is 357 g/mol. The highest BCUT2D eigenvalue weighted by Gasteiger charge is 2.24. The lowest BCUT2D eigenvalue weighted by molar-refractivity contribution is -0.119. The highest BCUT2D eigenvalue weighted by Crippen LogP contribution is 2.37. The number of carbonyl (C=O) groups is 1. The van der Waals surface area contributed by atoms with Crippen molar-refractivity contribution < 1.29 is 9.53 Å². The summed E-state index contributed by atoms with van der Waals surface area (Å²) in [6.07, 6.45) is 5.86. The zero-order valence-electron chi connectivity index (χ0n) is 14.7. The molecule has 0 saturated heterocycles. The lowest BCUT2D eigenvalue weighted by Gasteiger charge is -2.28. The highest BCUT2D eigenvalue weighted by atomic mass is 35.5. The Morgan fingerprint density at radius 3 is 2.24 bits per heavy atom. The first-order chi connectivity index (χ1) is 12.1. The molecule has 0 spiro atoms. The number of benzene rings is 2. The summed E-state index contributed by atoms with van der Waals surface area (Å²) in [6, 6.07) is 16.0. The smallest absolute Gasteiger partial charge is 0.137 e. The van der Waals surface area contributed by atoms with Gasteiger partial charge in [-0.3, -0.25) is 4.79 Å². The monoisotopic (exact) mass is 356 g/mol. The summed E-state index contributed by atoms with van der Waals surface area (Å²) in [5, 5.41) is 0.716. The molecular formula is C22H25ClO2. The molecule has 0 radical (unpaired) electrons. The van der Waals surface area contributed by atoms with Crippen LogP contribution in [0.15, 0.2) is 48.5 Å². The van der Waals surface area contributed by atoms with Crippen LogP contribution >= 0.6 is 11.6 Å². The van der Waals surface area contributed by atoms with Crippen LogP contribution in [0, 0.1) is 5.92 Å². The molecule has 0 aromatic heterocycles. The lowest BCUT2D eigenvalue weighted by atomic mass is 9.77. The Bertz CT molecular complexity index is 683. The fourth-order valence-corrected chi connectivity index (χ4v) is 3.93. The minimum atomic E-state index is 0.343. The largest absolute Gasteiger partial charge is 0.497 e. The number of rotatable bonds is 6. The quantitative estimate of drug-likeness (QED) is 0.651. The van der Waals surface area contributed by atoms with Gasteiger partial charge in [-0.1, -0.05) is 35.9 Å². The SMILES string of the molecule is COc1ccc(C2CCC(CC(=O)Cc3ccc(Cl)cc3)CC2)cc1. The molecule has 0 aliphatic heterocycles. The fraction of sp³-hybridized carbons (Fsp3) is 0.409. The molecule has 3 heteroatoms. The van der Waals surface area contributed by atoms with Crippen LogP contribution in [0.2, 0.25) is 5.02 Å². The Balaban J connectivity index is 1.46. The van der Waals surface area contributed by atoms with E-state index < -0.39 is 0 Å². The molecule has 2 aromatic rings. The van der Waals surface area contributed by atoms with Gasteiger partial charge in [-0.2, -0.15) is 0 Å². The maximum absolute atomic E-state index is 12.3. The van der Waals surface area contributed by atoms with Gasteiger partial charge in [0.05, 0.1) is 7.11 Å². The zero-order valence-corrected chi connectivity index (χ0v) is 15.5. The molecule has 0 unspecified atom stereocenters. The maximum Gasteiger partial charge on any atom is 0.137 e. The number of hydrogen-bond acceptors (Lipinski definition) is 2. The lowest BCUT2D eigenvalue weighted by Crippen LogP contribution is -2.17.